The lowest BCUT2D eigenvalue weighted by atomic mass is 10.1. The standard InChI is InChI=1S/C14H17NO4/c1-11(17)19-15-8-6-14(7-9-15)18-13-4-2-12(10-16)3-5-13/h2-5,10,14H,6-9H2,1H3. The minimum absolute atomic E-state index is 0.119. The smallest absolute Gasteiger partial charge is 0.322 e. The molecule has 1 saturated heterocycles. The van der Waals surface area contributed by atoms with Gasteiger partial charge in [-0.2, -0.15) is 0 Å². The van der Waals surface area contributed by atoms with E-state index in [4.69, 9.17) is 9.57 Å². The second kappa shape index (κ2) is 6.33. The molecule has 0 amide bonds. The van der Waals surface area contributed by atoms with E-state index in [1.807, 2.05) is 0 Å². The maximum absolute atomic E-state index is 10.8. The maximum atomic E-state index is 10.8. The van der Waals surface area contributed by atoms with Gasteiger partial charge in [-0.3, -0.25) is 9.59 Å². The molecule has 0 aromatic heterocycles. The minimum atomic E-state index is -0.288. The molecule has 0 aliphatic carbocycles. The van der Waals surface area contributed by atoms with Crippen molar-refractivity contribution in [3.8, 4) is 5.75 Å². The molecule has 0 bridgehead atoms. The summed E-state index contributed by atoms with van der Waals surface area (Å²) in [4.78, 5) is 26.4. The van der Waals surface area contributed by atoms with E-state index < -0.39 is 0 Å². The van der Waals surface area contributed by atoms with Crippen molar-refractivity contribution in [2.45, 2.75) is 25.9 Å². The van der Waals surface area contributed by atoms with E-state index >= 15 is 0 Å². The van der Waals surface area contributed by atoms with E-state index in [9.17, 15) is 9.59 Å². The lowest BCUT2D eigenvalue weighted by Crippen LogP contribution is -2.39. The van der Waals surface area contributed by atoms with Crippen LogP contribution >= 0.6 is 0 Å². The van der Waals surface area contributed by atoms with E-state index in [2.05, 4.69) is 0 Å². The highest BCUT2D eigenvalue weighted by molar-refractivity contribution is 5.74. The fourth-order valence-electron chi connectivity index (χ4n) is 2.04. The quantitative estimate of drug-likeness (QED) is 0.776. The van der Waals surface area contributed by atoms with Gasteiger partial charge in [-0.1, -0.05) is 0 Å². The van der Waals surface area contributed by atoms with Crippen molar-refractivity contribution >= 4 is 12.3 Å². The molecule has 1 heterocycles. The van der Waals surface area contributed by atoms with Gasteiger partial charge in [-0.25, -0.2) is 0 Å². The molecule has 1 aromatic carbocycles. The number of benzene rings is 1. The summed E-state index contributed by atoms with van der Waals surface area (Å²) in [6.07, 6.45) is 2.54. The van der Waals surface area contributed by atoms with Crippen LogP contribution in [0.2, 0.25) is 0 Å². The summed E-state index contributed by atoms with van der Waals surface area (Å²) >= 11 is 0. The summed E-state index contributed by atoms with van der Waals surface area (Å²) in [5.41, 5.74) is 0.636. The number of carbonyl (C=O) groups excluding carboxylic acids is 2. The molecule has 1 aliphatic heterocycles. The predicted octanol–water partition coefficient (Wildman–Crippen LogP) is 1.82. The molecular formula is C14H17NO4. The van der Waals surface area contributed by atoms with Crippen LogP contribution in [0.5, 0.6) is 5.75 Å². The van der Waals surface area contributed by atoms with E-state index in [-0.39, 0.29) is 12.1 Å². The van der Waals surface area contributed by atoms with Crippen molar-refractivity contribution in [3.05, 3.63) is 29.8 Å². The summed E-state index contributed by atoms with van der Waals surface area (Å²) in [5.74, 6) is 0.473. The molecule has 19 heavy (non-hydrogen) atoms. The SMILES string of the molecule is CC(=O)ON1CCC(Oc2ccc(C=O)cc2)CC1. The van der Waals surface area contributed by atoms with Gasteiger partial charge in [-0.05, 0) is 24.3 Å². The fraction of sp³-hybridized carbons (Fsp3) is 0.429. The number of carbonyl (C=O) groups is 2. The topological polar surface area (TPSA) is 55.8 Å². The molecule has 1 aliphatic rings. The zero-order valence-electron chi connectivity index (χ0n) is 10.9. The monoisotopic (exact) mass is 263 g/mol. The molecule has 0 N–H and O–H groups in total. The van der Waals surface area contributed by atoms with Gasteiger partial charge in [0.1, 0.15) is 18.1 Å². The molecule has 0 saturated carbocycles. The predicted molar refractivity (Wildman–Crippen MR) is 68.8 cm³/mol. The zero-order chi connectivity index (χ0) is 13.7. The Hall–Kier alpha value is -1.88. The van der Waals surface area contributed by atoms with Gasteiger partial charge in [0.2, 0.25) is 0 Å². The highest BCUT2D eigenvalue weighted by atomic mass is 16.7. The van der Waals surface area contributed by atoms with Crippen LogP contribution in [0.25, 0.3) is 0 Å². The first-order valence-corrected chi connectivity index (χ1v) is 6.33. The number of hydrogen-bond acceptors (Lipinski definition) is 5. The van der Waals surface area contributed by atoms with Crippen LogP contribution in [-0.4, -0.2) is 36.5 Å². The summed E-state index contributed by atoms with van der Waals surface area (Å²) in [6.45, 7) is 2.75. The summed E-state index contributed by atoms with van der Waals surface area (Å²) < 4.78 is 5.83. The van der Waals surface area contributed by atoms with E-state index in [0.29, 0.717) is 18.7 Å². The van der Waals surface area contributed by atoms with Crippen LogP contribution in [0.4, 0.5) is 0 Å². The van der Waals surface area contributed by atoms with Crippen molar-refractivity contribution in [1.82, 2.24) is 5.06 Å². The first-order chi connectivity index (χ1) is 9.17. The van der Waals surface area contributed by atoms with Gasteiger partial charge in [0.15, 0.2) is 0 Å². The van der Waals surface area contributed by atoms with Crippen LogP contribution in [0, 0.1) is 0 Å². The van der Waals surface area contributed by atoms with Crippen LogP contribution in [0.15, 0.2) is 24.3 Å². The van der Waals surface area contributed by atoms with Gasteiger partial charge >= 0.3 is 5.97 Å². The lowest BCUT2D eigenvalue weighted by Gasteiger charge is -2.30. The molecular weight excluding hydrogens is 246 g/mol. The van der Waals surface area contributed by atoms with Gasteiger partial charge in [0.25, 0.3) is 0 Å². The number of aldehydes is 1. The molecule has 2 rings (SSSR count). The van der Waals surface area contributed by atoms with Crippen molar-refractivity contribution < 1.29 is 19.2 Å². The Morgan fingerprint density at radius 1 is 1.26 bits per heavy atom. The second-order valence-corrected chi connectivity index (χ2v) is 4.52. The lowest BCUT2D eigenvalue weighted by molar-refractivity contribution is -0.195. The van der Waals surface area contributed by atoms with Crippen molar-refractivity contribution in [1.29, 1.82) is 0 Å². The van der Waals surface area contributed by atoms with Crippen LogP contribution in [-0.2, 0) is 9.63 Å². The third-order valence-corrected chi connectivity index (χ3v) is 2.98. The molecule has 5 heteroatoms. The Morgan fingerprint density at radius 3 is 2.42 bits per heavy atom. The van der Waals surface area contributed by atoms with E-state index in [1.54, 1.807) is 29.3 Å². The highest BCUT2D eigenvalue weighted by Gasteiger charge is 2.22. The van der Waals surface area contributed by atoms with Crippen LogP contribution < -0.4 is 4.74 Å². The fourth-order valence-corrected chi connectivity index (χ4v) is 2.04. The molecule has 5 nitrogen and oxygen atoms in total. The number of hydrogen-bond donors (Lipinski definition) is 0. The molecule has 102 valence electrons. The van der Waals surface area contributed by atoms with Gasteiger partial charge < -0.3 is 9.57 Å². The van der Waals surface area contributed by atoms with Crippen LogP contribution in [0.3, 0.4) is 0 Å². The third kappa shape index (κ3) is 4.06. The Balaban J connectivity index is 1.81. The average molecular weight is 263 g/mol. The first kappa shape index (κ1) is 13.5. The minimum Gasteiger partial charge on any atom is -0.490 e. The van der Waals surface area contributed by atoms with E-state index in [0.717, 1.165) is 24.9 Å². The van der Waals surface area contributed by atoms with Gasteiger partial charge in [0, 0.05) is 38.4 Å². The largest absolute Gasteiger partial charge is 0.490 e. The number of ether oxygens (including phenoxy) is 1. The molecule has 0 spiro atoms. The molecule has 1 aromatic rings. The molecule has 1 fully saturated rings. The molecule has 0 radical (unpaired) electrons. The number of hydroxylamine groups is 2. The Kier molecular flexibility index (Phi) is 4.52. The number of piperidine rings is 1. The Labute approximate surface area is 112 Å². The zero-order valence-corrected chi connectivity index (χ0v) is 10.9. The number of nitrogens with zero attached hydrogens (tertiary/aromatic N) is 1. The Bertz CT molecular complexity index is 435. The van der Waals surface area contributed by atoms with Crippen LogP contribution in [0.1, 0.15) is 30.1 Å². The van der Waals surface area contributed by atoms with Gasteiger partial charge in [0.05, 0.1) is 0 Å². The summed E-state index contributed by atoms with van der Waals surface area (Å²) in [7, 11) is 0. The number of rotatable bonds is 4. The third-order valence-electron chi connectivity index (χ3n) is 2.98. The maximum Gasteiger partial charge on any atom is 0.322 e. The van der Waals surface area contributed by atoms with Crippen molar-refractivity contribution in [2.24, 2.45) is 0 Å². The molecule has 0 unspecified atom stereocenters. The Morgan fingerprint density at radius 2 is 1.89 bits per heavy atom. The normalized spacial score (nSPS) is 16.9. The van der Waals surface area contributed by atoms with E-state index in [1.165, 1.54) is 6.92 Å². The highest BCUT2D eigenvalue weighted by Crippen LogP contribution is 2.19. The summed E-state index contributed by atoms with van der Waals surface area (Å²) in [6, 6.07) is 7.05. The second-order valence-electron chi connectivity index (χ2n) is 4.52. The van der Waals surface area contributed by atoms with Gasteiger partial charge in [-0.15, -0.1) is 5.06 Å². The summed E-state index contributed by atoms with van der Waals surface area (Å²) in [5, 5.41) is 1.66. The average Bonchev–Trinajstić information content (AvgIpc) is 2.41. The molecule has 0 atom stereocenters. The first-order valence-electron chi connectivity index (χ1n) is 6.33. The van der Waals surface area contributed by atoms with Crippen molar-refractivity contribution in [2.75, 3.05) is 13.1 Å². The van der Waals surface area contributed by atoms with Crippen molar-refractivity contribution in [3.63, 3.8) is 0 Å².